The van der Waals surface area contributed by atoms with E-state index in [-0.39, 0.29) is 22.8 Å². The lowest BCUT2D eigenvalue weighted by Gasteiger charge is -2.37. The van der Waals surface area contributed by atoms with E-state index in [0.29, 0.717) is 5.69 Å². The van der Waals surface area contributed by atoms with E-state index < -0.39 is 0 Å². The van der Waals surface area contributed by atoms with Crippen LogP contribution in [0.4, 0.5) is 0 Å². The maximum absolute atomic E-state index is 12.6. The Kier molecular flexibility index (Phi) is 4.54. The predicted molar refractivity (Wildman–Crippen MR) is 99.8 cm³/mol. The molecule has 0 aromatic carbocycles. The zero-order valence-electron chi connectivity index (χ0n) is 16.4. The lowest BCUT2D eigenvalue weighted by atomic mass is 9.74. The highest BCUT2D eigenvalue weighted by atomic mass is 16.1. The number of nitrogens with one attached hydrogen (secondary N) is 1. The van der Waals surface area contributed by atoms with E-state index in [1.807, 2.05) is 13.1 Å². The number of rotatable bonds is 2. The van der Waals surface area contributed by atoms with Crippen molar-refractivity contribution in [3.05, 3.63) is 47.1 Å². The van der Waals surface area contributed by atoms with Crippen molar-refractivity contribution in [1.82, 2.24) is 25.3 Å². The standard InChI is InChI=1S/C20H27N5O/c1-12-9-22-16(11-21-12)17(26)24-14-7-20(5,6)8-15-13(14)10-23-18(25-15)19(2,3)4/h9-11,14H,7-8H2,1-6H3,(H,24,26). The van der Waals surface area contributed by atoms with Gasteiger partial charge in [-0.2, -0.15) is 0 Å². The Morgan fingerprint density at radius 3 is 2.50 bits per heavy atom. The largest absolute Gasteiger partial charge is 0.344 e. The third-order valence-corrected chi connectivity index (χ3v) is 4.67. The average Bonchev–Trinajstić information content (AvgIpc) is 2.53. The van der Waals surface area contributed by atoms with Crippen LogP contribution >= 0.6 is 0 Å². The van der Waals surface area contributed by atoms with Gasteiger partial charge in [-0.3, -0.25) is 9.78 Å². The molecule has 1 amide bonds. The first-order chi connectivity index (χ1) is 12.0. The highest BCUT2D eigenvalue weighted by molar-refractivity contribution is 5.92. The fourth-order valence-electron chi connectivity index (χ4n) is 3.28. The first kappa shape index (κ1) is 18.4. The van der Waals surface area contributed by atoms with E-state index in [0.717, 1.165) is 35.6 Å². The second-order valence-electron chi connectivity index (χ2n) is 8.96. The smallest absolute Gasteiger partial charge is 0.271 e. The number of hydrogen-bond acceptors (Lipinski definition) is 5. The summed E-state index contributed by atoms with van der Waals surface area (Å²) in [7, 11) is 0. The molecule has 3 rings (SSSR count). The summed E-state index contributed by atoms with van der Waals surface area (Å²) in [5, 5.41) is 3.10. The fourth-order valence-corrected chi connectivity index (χ4v) is 3.28. The Bertz CT molecular complexity index is 821. The highest BCUT2D eigenvalue weighted by Gasteiger charge is 2.35. The van der Waals surface area contributed by atoms with Crippen molar-refractivity contribution in [2.75, 3.05) is 0 Å². The van der Waals surface area contributed by atoms with Gasteiger partial charge >= 0.3 is 0 Å². The van der Waals surface area contributed by atoms with Crippen LogP contribution < -0.4 is 5.32 Å². The number of carbonyl (C=O) groups excluding carboxylic acids is 1. The summed E-state index contributed by atoms with van der Waals surface area (Å²) >= 11 is 0. The van der Waals surface area contributed by atoms with Gasteiger partial charge in [-0.05, 0) is 25.2 Å². The SMILES string of the molecule is Cc1cnc(C(=O)NC2CC(C)(C)Cc3nc(C(C)(C)C)ncc32)cn1. The molecule has 1 unspecified atom stereocenters. The molecule has 2 heterocycles. The molecule has 1 N–H and O–H groups in total. The molecular formula is C20H27N5O. The molecule has 0 saturated heterocycles. The quantitative estimate of drug-likeness (QED) is 0.896. The molecular weight excluding hydrogens is 326 g/mol. The molecule has 0 radical (unpaired) electrons. The van der Waals surface area contributed by atoms with E-state index >= 15 is 0 Å². The fraction of sp³-hybridized carbons (Fsp3) is 0.550. The van der Waals surface area contributed by atoms with Crippen molar-refractivity contribution in [3.63, 3.8) is 0 Å². The number of carbonyl (C=O) groups is 1. The third-order valence-electron chi connectivity index (χ3n) is 4.67. The Balaban J connectivity index is 1.91. The molecule has 6 heteroatoms. The van der Waals surface area contributed by atoms with Crippen LogP contribution in [0.15, 0.2) is 18.6 Å². The van der Waals surface area contributed by atoms with Crippen molar-refractivity contribution < 1.29 is 4.79 Å². The van der Waals surface area contributed by atoms with Gasteiger partial charge in [0.1, 0.15) is 11.5 Å². The molecule has 138 valence electrons. The molecule has 26 heavy (non-hydrogen) atoms. The summed E-state index contributed by atoms with van der Waals surface area (Å²) in [6.45, 7) is 12.6. The number of aromatic nitrogens is 4. The average molecular weight is 353 g/mol. The lowest BCUT2D eigenvalue weighted by molar-refractivity contribution is 0.0913. The molecule has 0 spiro atoms. The third kappa shape index (κ3) is 3.89. The zero-order valence-corrected chi connectivity index (χ0v) is 16.4. The van der Waals surface area contributed by atoms with Crippen LogP contribution in [-0.4, -0.2) is 25.8 Å². The van der Waals surface area contributed by atoms with Gasteiger partial charge in [0.05, 0.1) is 17.9 Å². The van der Waals surface area contributed by atoms with Crippen molar-refractivity contribution in [2.24, 2.45) is 5.41 Å². The summed E-state index contributed by atoms with van der Waals surface area (Å²) in [5.41, 5.74) is 3.09. The molecule has 0 fully saturated rings. The summed E-state index contributed by atoms with van der Waals surface area (Å²) in [6, 6.07) is -0.127. The topological polar surface area (TPSA) is 80.7 Å². The molecule has 1 aliphatic rings. The number of nitrogens with zero attached hydrogens (tertiary/aromatic N) is 4. The van der Waals surface area contributed by atoms with Crippen LogP contribution in [-0.2, 0) is 11.8 Å². The minimum atomic E-state index is -0.217. The van der Waals surface area contributed by atoms with Crippen LogP contribution in [0, 0.1) is 12.3 Å². The highest BCUT2D eigenvalue weighted by Crippen LogP contribution is 2.40. The van der Waals surface area contributed by atoms with Crippen LogP contribution in [0.2, 0.25) is 0 Å². The van der Waals surface area contributed by atoms with Gasteiger partial charge < -0.3 is 5.32 Å². The van der Waals surface area contributed by atoms with E-state index in [1.54, 1.807) is 6.20 Å². The summed E-state index contributed by atoms with van der Waals surface area (Å²) in [5.74, 6) is 0.620. The van der Waals surface area contributed by atoms with Crippen LogP contribution in [0.5, 0.6) is 0 Å². The van der Waals surface area contributed by atoms with Gasteiger partial charge in [0.25, 0.3) is 5.91 Å². The van der Waals surface area contributed by atoms with Crippen LogP contribution in [0.3, 0.4) is 0 Å². The Morgan fingerprint density at radius 2 is 1.88 bits per heavy atom. The Hall–Kier alpha value is -2.37. The summed E-state index contributed by atoms with van der Waals surface area (Å²) < 4.78 is 0. The first-order valence-electron chi connectivity index (χ1n) is 9.01. The second-order valence-corrected chi connectivity index (χ2v) is 8.96. The number of amides is 1. The maximum atomic E-state index is 12.6. The molecule has 0 saturated carbocycles. The molecule has 2 aromatic rings. The van der Waals surface area contributed by atoms with E-state index in [1.165, 1.54) is 6.20 Å². The predicted octanol–water partition coefficient (Wildman–Crippen LogP) is 3.32. The first-order valence-corrected chi connectivity index (χ1v) is 9.01. The van der Waals surface area contributed by atoms with E-state index in [4.69, 9.17) is 4.98 Å². The van der Waals surface area contributed by atoms with Crippen molar-refractivity contribution in [1.29, 1.82) is 0 Å². The molecule has 6 nitrogen and oxygen atoms in total. The van der Waals surface area contributed by atoms with E-state index in [2.05, 4.69) is 54.9 Å². The molecule has 1 atom stereocenters. The monoisotopic (exact) mass is 353 g/mol. The minimum absolute atomic E-state index is 0.0490. The van der Waals surface area contributed by atoms with Gasteiger partial charge in [0, 0.05) is 29.1 Å². The van der Waals surface area contributed by atoms with Gasteiger partial charge in [-0.15, -0.1) is 0 Å². The molecule has 0 aliphatic heterocycles. The van der Waals surface area contributed by atoms with Gasteiger partial charge in [-0.1, -0.05) is 34.6 Å². The molecule has 2 aromatic heterocycles. The number of fused-ring (bicyclic) bond motifs is 1. The lowest BCUT2D eigenvalue weighted by Crippen LogP contribution is -2.38. The summed E-state index contributed by atoms with van der Waals surface area (Å²) in [4.78, 5) is 30.3. The van der Waals surface area contributed by atoms with Gasteiger partial charge in [0.15, 0.2) is 0 Å². The minimum Gasteiger partial charge on any atom is -0.344 e. The molecule has 0 bridgehead atoms. The van der Waals surface area contributed by atoms with Gasteiger partial charge in [0.2, 0.25) is 0 Å². The molecule has 1 aliphatic carbocycles. The van der Waals surface area contributed by atoms with E-state index in [9.17, 15) is 4.79 Å². The Labute approximate surface area is 154 Å². The van der Waals surface area contributed by atoms with Crippen molar-refractivity contribution in [2.45, 2.75) is 65.8 Å². The normalized spacial score (nSPS) is 18.9. The van der Waals surface area contributed by atoms with Crippen LogP contribution in [0.1, 0.15) is 80.3 Å². The number of hydrogen-bond donors (Lipinski definition) is 1. The zero-order chi connectivity index (χ0) is 19.1. The second kappa shape index (κ2) is 6.41. The Morgan fingerprint density at radius 1 is 1.15 bits per heavy atom. The maximum Gasteiger partial charge on any atom is 0.271 e. The number of aryl methyl sites for hydroxylation is 1. The van der Waals surface area contributed by atoms with Crippen molar-refractivity contribution >= 4 is 5.91 Å². The van der Waals surface area contributed by atoms with Crippen LogP contribution in [0.25, 0.3) is 0 Å². The van der Waals surface area contributed by atoms with Crippen molar-refractivity contribution in [3.8, 4) is 0 Å². The summed E-state index contributed by atoms with van der Waals surface area (Å²) in [6.07, 6.45) is 6.71. The van der Waals surface area contributed by atoms with Gasteiger partial charge in [-0.25, -0.2) is 15.0 Å².